The van der Waals surface area contributed by atoms with Crippen LogP contribution in [0.15, 0.2) is 41.6 Å². The maximum absolute atomic E-state index is 11.5. The Kier molecular flexibility index (Phi) is 8.87. The molecule has 0 aliphatic rings. The van der Waals surface area contributed by atoms with E-state index in [2.05, 4.69) is 5.73 Å². The summed E-state index contributed by atoms with van der Waals surface area (Å²) in [6.07, 6.45) is 1.82. The highest BCUT2D eigenvalue weighted by Gasteiger charge is 2.17. The van der Waals surface area contributed by atoms with E-state index >= 15 is 0 Å². The van der Waals surface area contributed by atoms with Gasteiger partial charge in [0.15, 0.2) is 6.10 Å². The van der Waals surface area contributed by atoms with Crippen molar-refractivity contribution >= 4 is 5.97 Å². The third kappa shape index (κ3) is 7.01. The molecule has 24 heavy (non-hydrogen) atoms. The summed E-state index contributed by atoms with van der Waals surface area (Å²) in [6.45, 7) is 3.92. The molecule has 0 amide bonds. The van der Waals surface area contributed by atoms with Crippen molar-refractivity contribution in [3.63, 3.8) is 0 Å². The number of ether oxygens (including phenoxy) is 1. The van der Waals surface area contributed by atoms with E-state index in [1.165, 1.54) is 6.07 Å². The molecule has 0 spiro atoms. The second-order valence-corrected chi connectivity index (χ2v) is 5.52. The molecule has 132 valence electrons. The highest BCUT2D eigenvalue weighted by Crippen LogP contribution is 2.21. The molecule has 5 nitrogen and oxygen atoms in total. The molecule has 0 radical (unpaired) electrons. The van der Waals surface area contributed by atoms with E-state index in [1.807, 2.05) is 6.92 Å². The molecule has 0 unspecified atom stereocenters. The topological polar surface area (TPSA) is 87.0 Å². The van der Waals surface area contributed by atoms with Crippen molar-refractivity contribution in [1.82, 2.24) is 0 Å². The number of benzene rings is 1. The maximum atomic E-state index is 11.5. The second-order valence-electron chi connectivity index (χ2n) is 5.52. The summed E-state index contributed by atoms with van der Waals surface area (Å²) in [5.74, 6) is -0.525. The molecule has 0 aromatic heterocycles. The number of rotatable bonds is 9. The monoisotopic (exact) mass is 334 g/mol. The number of hydrogen-bond acceptors (Lipinski definition) is 5. The molecule has 1 aromatic carbocycles. The summed E-state index contributed by atoms with van der Waals surface area (Å²) in [5, 5.41) is 29.4. The number of aromatic hydroxyl groups is 1. The third-order valence-corrected chi connectivity index (χ3v) is 3.45. The van der Waals surface area contributed by atoms with E-state index in [0.717, 1.165) is 12.0 Å². The Morgan fingerprint density at radius 3 is 2.71 bits per heavy atom. The van der Waals surface area contributed by atoms with Crippen molar-refractivity contribution in [1.29, 1.82) is 0 Å². The quantitative estimate of drug-likeness (QED) is 0.477. The Morgan fingerprint density at radius 1 is 1.33 bits per heavy atom. The highest BCUT2D eigenvalue weighted by molar-refractivity contribution is 5.74. The van der Waals surface area contributed by atoms with Gasteiger partial charge in [-0.25, -0.2) is 4.79 Å². The molecule has 1 rings (SSSR count). The molecule has 3 N–H and O–H groups in total. The molecular weight excluding hydrogens is 308 g/mol. The number of aliphatic hydroxyl groups excluding tert-OH is 2. The number of phenolic OH excluding ortho intramolecular Hbond substituents is 1. The average Bonchev–Trinajstić information content (AvgIpc) is 2.55. The number of esters is 1. The fourth-order valence-electron chi connectivity index (χ4n) is 2.27. The van der Waals surface area contributed by atoms with E-state index in [-0.39, 0.29) is 18.8 Å². The van der Waals surface area contributed by atoms with Crippen molar-refractivity contribution in [3.05, 3.63) is 47.2 Å². The molecule has 1 aromatic rings. The Labute approximate surface area is 142 Å². The van der Waals surface area contributed by atoms with Crippen molar-refractivity contribution in [2.45, 2.75) is 51.7 Å². The molecule has 0 fully saturated rings. The van der Waals surface area contributed by atoms with E-state index in [0.29, 0.717) is 18.4 Å². The van der Waals surface area contributed by atoms with Gasteiger partial charge in [-0.15, -0.1) is 5.73 Å². The van der Waals surface area contributed by atoms with E-state index < -0.39 is 18.2 Å². The van der Waals surface area contributed by atoms with Crippen LogP contribution in [-0.2, 0) is 9.53 Å². The average molecular weight is 334 g/mol. The van der Waals surface area contributed by atoms with Gasteiger partial charge in [-0.2, -0.15) is 0 Å². The summed E-state index contributed by atoms with van der Waals surface area (Å²) >= 11 is 0. The number of aliphatic hydroxyl groups is 2. The summed E-state index contributed by atoms with van der Waals surface area (Å²) < 4.78 is 4.79. The largest absolute Gasteiger partial charge is 0.508 e. The number of hydrogen-bond donors (Lipinski definition) is 3. The number of carbonyl (C=O) groups is 1. The smallest absolute Gasteiger partial charge is 0.335 e. The van der Waals surface area contributed by atoms with Gasteiger partial charge in [0.1, 0.15) is 5.75 Å². The lowest BCUT2D eigenvalue weighted by Crippen LogP contribution is -2.23. The molecule has 2 atom stereocenters. The van der Waals surface area contributed by atoms with Gasteiger partial charge in [-0.05, 0) is 42.7 Å². The Balaban J connectivity index is 2.72. The summed E-state index contributed by atoms with van der Waals surface area (Å²) in [5.41, 5.74) is 4.49. The van der Waals surface area contributed by atoms with Crippen molar-refractivity contribution in [2.24, 2.45) is 0 Å². The summed E-state index contributed by atoms with van der Waals surface area (Å²) in [7, 11) is 0. The number of carbonyl (C=O) groups excluding carboxylic acids is 1. The minimum Gasteiger partial charge on any atom is -0.508 e. The van der Waals surface area contributed by atoms with Crippen LogP contribution < -0.4 is 0 Å². The Hall–Kier alpha value is -2.07. The van der Waals surface area contributed by atoms with Crippen LogP contribution >= 0.6 is 0 Å². The van der Waals surface area contributed by atoms with Crippen molar-refractivity contribution in [2.75, 3.05) is 6.61 Å². The van der Waals surface area contributed by atoms with Crippen molar-refractivity contribution in [3.8, 4) is 5.75 Å². The standard InChI is InChI=1S/C19H26O5/c1-3-7-14(12-18(22)19(23)24-4-2)8-5-11-17(21)15-9-6-10-16(20)13-15/h5-6,9-10,13,17-18,20-22H,3-4,7,11-12H2,1-2H3/t8?,17-,18-/m1/s1. The van der Waals surface area contributed by atoms with Gasteiger partial charge in [0.2, 0.25) is 0 Å². The van der Waals surface area contributed by atoms with Crippen molar-refractivity contribution < 1.29 is 24.9 Å². The van der Waals surface area contributed by atoms with Crippen LogP contribution in [-0.4, -0.2) is 34.0 Å². The van der Waals surface area contributed by atoms with Crippen LogP contribution in [0.2, 0.25) is 0 Å². The summed E-state index contributed by atoms with van der Waals surface area (Å²) in [6, 6.07) is 6.47. The van der Waals surface area contributed by atoms with Gasteiger partial charge in [0.25, 0.3) is 0 Å². The summed E-state index contributed by atoms with van der Waals surface area (Å²) in [4.78, 5) is 11.5. The van der Waals surface area contributed by atoms with Crippen LogP contribution in [0.5, 0.6) is 5.75 Å². The van der Waals surface area contributed by atoms with Crippen LogP contribution in [0.3, 0.4) is 0 Å². The molecule has 0 heterocycles. The molecular formula is C19H26O5. The van der Waals surface area contributed by atoms with E-state index in [1.54, 1.807) is 31.2 Å². The highest BCUT2D eigenvalue weighted by atomic mass is 16.5. The predicted molar refractivity (Wildman–Crippen MR) is 91.4 cm³/mol. The zero-order chi connectivity index (χ0) is 17.9. The Bertz CT molecular complexity index is 587. The molecule has 0 aliphatic carbocycles. The first kappa shape index (κ1) is 20.0. The minimum absolute atomic E-state index is 0.107. The zero-order valence-corrected chi connectivity index (χ0v) is 14.2. The predicted octanol–water partition coefficient (Wildman–Crippen LogP) is 3.01. The third-order valence-electron chi connectivity index (χ3n) is 3.45. The first-order valence-electron chi connectivity index (χ1n) is 8.22. The lowest BCUT2D eigenvalue weighted by molar-refractivity contribution is -0.152. The molecule has 0 bridgehead atoms. The van der Waals surface area contributed by atoms with Gasteiger partial charge in [-0.3, -0.25) is 0 Å². The molecule has 0 saturated heterocycles. The van der Waals surface area contributed by atoms with Crippen LogP contribution in [0.1, 0.15) is 51.2 Å². The zero-order valence-electron chi connectivity index (χ0n) is 14.2. The van der Waals surface area contributed by atoms with E-state index in [4.69, 9.17) is 4.74 Å². The van der Waals surface area contributed by atoms with Gasteiger partial charge < -0.3 is 20.1 Å². The maximum Gasteiger partial charge on any atom is 0.335 e. The Morgan fingerprint density at radius 2 is 2.08 bits per heavy atom. The van der Waals surface area contributed by atoms with Crippen LogP contribution in [0.25, 0.3) is 0 Å². The minimum atomic E-state index is -1.19. The molecule has 0 aliphatic heterocycles. The lowest BCUT2D eigenvalue weighted by atomic mass is 10.0. The molecule has 0 saturated carbocycles. The first-order chi connectivity index (χ1) is 11.5. The fraction of sp³-hybridized carbons (Fsp3) is 0.474. The fourth-order valence-corrected chi connectivity index (χ4v) is 2.27. The van der Waals surface area contributed by atoms with Gasteiger partial charge in [0, 0.05) is 12.8 Å². The first-order valence-corrected chi connectivity index (χ1v) is 8.22. The molecule has 5 heteroatoms. The van der Waals surface area contributed by atoms with Crippen LogP contribution in [0.4, 0.5) is 0 Å². The number of phenols is 1. The van der Waals surface area contributed by atoms with Gasteiger partial charge >= 0.3 is 5.97 Å². The van der Waals surface area contributed by atoms with Crippen LogP contribution in [0, 0.1) is 0 Å². The van der Waals surface area contributed by atoms with E-state index in [9.17, 15) is 20.1 Å². The second kappa shape index (κ2) is 10.7. The normalized spacial score (nSPS) is 12.8. The SMILES string of the molecule is CCCC(=C=CC[C@@H](O)c1cccc(O)c1)C[C@@H](O)C(=O)OCC. The van der Waals surface area contributed by atoms with Gasteiger partial charge in [-0.1, -0.05) is 25.5 Å². The lowest BCUT2D eigenvalue weighted by Gasteiger charge is -2.11. The van der Waals surface area contributed by atoms with Gasteiger partial charge in [0.05, 0.1) is 12.7 Å².